The number of nitrogens with one attached hydrogen (secondary N) is 1. The molecule has 2 aliphatic heterocycles. The maximum atomic E-state index is 13.0. The Morgan fingerprint density at radius 1 is 1.04 bits per heavy atom. The molecule has 28 heavy (non-hydrogen) atoms. The van der Waals surface area contributed by atoms with E-state index in [1.807, 2.05) is 35.9 Å². The summed E-state index contributed by atoms with van der Waals surface area (Å²) >= 11 is 0. The number of rotatable bonds is 4. The van der Waals surface area contributed by atoms with E-state index in [4.69, 9.17) is 0 Å². The van der Waals surface area contributed by atoms with E-state index >= 15 is 0 Å². The van der Waals surface area contributed by atoms with E-state index in [9.17, 15) is 4.79 Å². The molecule has 1 aromatic carbocycles. The summed E-state index contributed by atoms with van der Waals surface area (Å²) < 4.78 is 1.84. The van der Waals surface area contributed by atoms with Gasteiger partial charge in [0.25, 0.3) is 5.91 Å². The summed E-state index contributed by atoms with van der Waals surface area (Å²) in [6.07, 6.45) is 6.22. The van der Waals surface area contributed by atoms with E-state index in [1.165, 1.54) is 25.9 Å². The Morgan fingerprint density at radius 3 is 2.43 bits per heavy atom. The zero-order valence-corrected chi connectivity index (χ0v) is 16.8. The molecule has 1 aromatic heterocycles. The van der Waals surface area contributed by atoms with Crippen LogP contribution < -0.4 is 5.32 Å². The molecule has 0 aliphatic carbocycles. The summed E-state index contributed by atoms with van der Waals surface area (Å²) in [5.74, 6) is 0.694. The van der Waals surface area contributed by atoms with E-state index in [0.717, 1.165) is 31.5 Å². The predicted molar refractivity (Wildman–Crippen MR) is 109 cm³/mol. The van der Waals surface area contributed by atoms with E-state index in [0.29, 0.717) is 17.4 Å². The molecule has 0 spiro atoms. The molecule has 0 radical (unpaired) electrons. The fraction of sp³-hybridized carbons (Fsp3) is 0.571. The van der Waals surface area contributed by atoms with Gasteiger partial charge in [-0.2, -0.15) is 0 Å². The summed E-state index contributed by atoms with van der Waals surface area (Å²) in [6, 6.07) is 8.58. The van der Waals surface area contributed by atoms with Crippen molar-refractivity contribution in [2.45, 2.75) is 37.8 Å². The molecule has 2 fully saturated rings. The second-order valence-corrected chi connectivity index (χ2v) is 8.13. The van der Waals surface area contributed by atoms with Crippen molar-refractivity contribution in [3.63, 3.8) is 0 Å². The van der Waals surface area contributed by atoms with Crippen LogP contribution in [-0.2, 0) is 7.05 Å². The van der Waals surface area contributed by atoms with Gasteiger partial charge in [0.2, 0.25) is 0 Å². The molecule has 0 unspecified atom stereocenters. The van der Waals surface area contributed by atoms with Crippen molar-refractivity contribution >= 4 is 5.91 Å². The van der Waals surface area contributed by atoms with Crippen molar-refractivity contribution in [1.29, 1.82) is 0 Å². The zero-order chi connectivity index (χ0) is 19.5. The molecule has 2 aliphatic rings. The van der Waals surface area contributed by atoms with Crippen molar-refractivity contribution in [2.75, 3.05) is 33.2 Å². The minimum Gasteiger partial charge on any atom is -0.349 e. The van der Waals surface area contributed by atoms with Crippen LogP contribution in [0.15, 0.2) is 30.6 Å². The van der Waals surface area contributed by atoms with Gasteiger partial charge in [-0.3, -0.25) is 4.79 Å². The highest BCUT2D eigenvalue weighted by molar-refractivity contribution is 6.00. The van der Waals surface area contributed by atoms with Gasteiger partial charge in [-0.25, -0.2) is 0 Å². The molecule has 1 amide bonds. The maximum Gasteiger partial charge on any atom is 0.252 e. The highest BCUT2D eigenvalue weighted by Gasteiger charge is 2.28. The smallest absolute Gasteiger partial charge is 0.252 e. The number of hydrogen-bond donors (Lipinski definition) is 1. The van der Waals surface area contributed by atoms with Crippen LogP contribution in [0.1, 0.15) is 36.0 Å². The Kier molecular flexibility index (Phi) is 5.73. The van der Waals surface area contributed by atoms with Gasteiger partial charge in [-0.05, 0) is 51.9 Å². The molecule has 7 nitrogen and oxygen atoms in total. The summed E-state index contributed by atoms with van der Waals surface area (Å²) in [6.45, 7) is 4.54. The van der Waals surface area contributed by atoms with Gasteiger partial charge in [0.05, 0.1) is 5.56 Å². The molecule has 7 heteroatoms. The SMILES string of the molecule is CN1CCC(N2CCC(NC(=O)c3ccccc3-c3nncn3C)CC2)CC1. The van der Waals surface area contributed by atoms with Crippen LogP contribution in [0, 0.1) is 0 Å². The molecule has 1 N–H and O–H groups in total. The lowest BCUT2D eigenvalue weighted by molar-refractivity contribution is 0.0807. The lowest BCUT2D eigenvalue weighted by Crippen LogP contribution is -2.50. The van der Waals surface area contributed by atoms with Gasteiger partial charge in [0.1, 0.15) is 6.33 Å². The van der Waals surface area contributed by atoms with Crippen LogP contribution in [0.25, 0.3) is 11.4 Å². The summed E-state index contributed by atoms with van der Waals surface area (Å²) in [4.78, 5) is 18.0. The quantitative estimate of drug-likeness (QED) is 0.873. The number of likely N-dealkylation sites (tertiary alicyclic amines) is 2. The number of hydrogen-bond acceptors (Lipinski definition) is 5. The minimum atomic E-state index is -0.0173. The largest absolute Gasteiger partial charge is 0.349 e. The van der Waals surface area contributed by atoms with Gasteiger partial charge < -0.3 is 19.7 Å². The van der Waals surface area contributed by atoms with Gasteiger partial charge in [0.15, 0.2) is 5.82 Å². The Morgan fingerprint density at radius 2 is 1.75 bits per heavy atom. The summed E-state index contributed by atoms with van der Waals surface area (Å²) in [5, 5.41) is 11.4. The van der Waals surface area contributed by atoms with Crippen LogP contribution in [0.5, 0.6) is 0 Å². The number of piperidine rings is 2. The van der Waals surface area contributed by atoms with E-state index in [2.05, 4.69) is 32.4 Å². The minimum absolute atomic E-state index is 0.0173. The Labute approximate surface area is 166 Å². The number of amides is 1. The lowest BCUT2D eigenvalue weighted by Gasteiger charge is -2.41. The molecule has 150 valence electrons. The lowest BCUT2D eigenvalue weighted by atomic mass is 9.97. The fourth-order valence-corrected chi connectivity index (χ4v) is 4.44. The number of aromatic nitrogens is 3. The van der Waals surface area contributed by atoms with E-state index in [1.54, 1.807) is 6.33 Å². The van der Waals surface area contributed by atoms with Crippen LogP contribution in [-0.4, -0.2) is 75.8 Å². The molecule has 3 heterocycles. The fourth-order valence-electron chi connectivity index (χ4n) is 4.44. The first-order chi connectivity index (χ1) is 13.6. The second kappa shape index (κ2) is 8.41. The summed E-state index contributed by atoms with van der Waals surface area (Å²) in [5.41, 5.74) is 1.49. The van der Waals surface area contributed by atoms with Crippen molar-refractivity contribution in [2.24, 2.45) is 7.05 Å². The number of aryl methyl sites for hydroxylation is 1. The van der Waals surface area contributed by atoms with Gasteiger partial charge in [-0.1, -0.05) is 18.2 Å². The van der Waals surface area contributed by atoms with E-state index in [-0.39, 0.29) is 11.9 Å². The molecule has 2 saturated heterocycles. The van der Waals surface area contributed by atoms with Gasteiger partial charge in [-0.15, -0.1) is 10.2 Å². The topological polar surface area (TPSA) is 66.3 Å². The van der Waals surface area contributed by atoms with Crippen molar-refractivity contribution < 1.29 is 4.79 Å². The van der Waals surface area contributed by atoms with Crippen LogP contribution in [0.4, 0.5) is 0 Å². The van der Waals surface area contributed by atoms with Crippen molar-refractivity contribution in [3.05, 3.63) is 36.2 Å². The first kappa shape index (κ1) is 19.1. The Bertz CT molecular complexity index is 803. The highest BCUT2D eigenvalue weighted by Crippen LogP contribution is 2.23. The monoisotopic (exact) mass is 382 g/mol. The number of carbonyl (C=O) groups is 1. The average molecular weight is 383 g/mol. The number of nitrogens with zero attached hydrogens (tertiary/aromatic N) is 5. The third-order valence-electron chi connectivity index (χ3n) is 6.19. The zero-order valence-electron chi connectivity index (χ0n) is 16.8. The van der Waals surface area contributed by atoms with Gasteiger partial charge >= 0.3 is 0 Å². The molecule has 0 bridgehead atoms. The standard InChI is InChI=1S/C21H30N6O/c1-25-11-9-17(10-12-25)27-13-7-16(8-14-27)23-21(28)19-6-4-3-5-18(19)20-24-22-15-26(20)2/h3-6,15-17H,7-14H2,1-2H3,(H,23,28). The predicted octanol–water partition coefficient (Wildman–Crippen LogP) is 1.77. The van der Waals surface area contributed by atoms with Crippen LogP contribution >= 0.6 is 0 Å². The average Bonchev–Trinajstić information content (AvgIpc) is 3.15. The molecule has 2 aromatic rings. The third kappa shape index (κ3) is 4.10. The number of benzene rings is 1. The molecular weight excluding hydrogens is 352 g/mol. The molecule has 0 saturated carbocycles. The summed E-state index contributed by atoms with van der Waals surface area (Å²) in [7, 11) is 4.10. The molecular formula is C21H30N6O. The van der Waals surface area contributed by atoms with Crippen LogP contribution in [0.2, 0.25) is 0 Å². The second-order valence-electron chi connectivity index (χ2n) is 8.13. The molecule has 0 atom stereocenters. The maximum absolute atomic E-state index is 13.0. The van der Waals surface area contributed by atoms with Crippen LogP contribution in [0.3, 0.4) is 0 Å². The number of carbonyl (C=O) groups excluding carboxylic acids is 1. The Hall–Kier alpha value is -2.25. The highest BCUT2D eigenvalue weighted by atomic mass is 16.1. The Balaban J connectivity index is 1.36. The molecule has 4 rings (SSSR count). The first-order valence-electron chi connectivity index (χ1n) is 10.3. The van der Waals surface area contributed by atoms with Crippen molar-refractivity contribution in [1.82, 2.24) is 29.9 Å². The normalized spacial score (nSPS) is 20.4. The first-order valence-corrected chi connectivity index (χ1v) is 10.3. The van der Waals surface area contributed by atoms with Crippen molar-refractivity contribution in [3.8, 4) is 11.4 Å². The third-order valence-corrected chi connectivity index (χ3v) is 6.19. The van der Waals surface area contributed by atoms with Gasteiger partial charge in [0, 0.05) is 37.8 Å². The van der Waals surface area contributed by atoms with E-state index < -0.39 is 0 Å².